The van der Waals surface area contributed by atoms with Gasteiger partial charge >= 0.3 is 0 Å². The fourth-order valence-corrected chi connectivity index (χ4v) is 1.63. The second-order valence-corrected chi connectivity index (χ2v) is 4.24. The van der Waals surface area contributed by atoms with Crippen LogP contribution in [0.15, 0.2) is 18.2 Å². The van der Waals surface area contributed by atoms with Gasteiger partial charge in [0.15, 0.2) is 0 Å². The zero-order valence-electron chi connectivity index (χ0n) is 9.11. The van der Waals surface area contributed by atoms with E-state index in [1.165, 1.54) is 12.1 Å². The molecule has 1 aromatic carbocycles. The summed E-state index contributed by atoms with van der Waals surface area (Å²) in [5.41, 5.74) is 0.991. The standard InChI is InChI=1S/C11H14BrNO3/c1-9-4-5-10(13(14)15)8-11(9)16-7-3-2-6-12/h4-5,8H,2-3,6-7H2,1H3. The van der Waals surface area contributed by atoms with Gasteiger partial charge in [-0.05, 0) is 31.4 Å². The summed E-state index contributed by atoms with van der Waals surface area (Å²) >= 11 is 3.34. The van der Waals surface area contributed by atoms with Gasteiger partial charge in [-0.15, -0.1) is 0 Å². The molecule has 0 saturated carbocycles. The van der Waals surface area contributed by atoms with Gasteiger partial charge in [0.1, 0.15) is 5.75 Å². The van der Waals surface area contributed by atoms with Crippen molar-refractivity contribution in [2.45, 2.75) is 19.8 Å². The lowest BCUT2D eigenvalue weighted by Crippen LogP contribution is -2.00. The minimum Gasteiger partial charge on any atom is -0.493 e. The number of benzene rings is 1. The van der Waals surface area contributed by atoms with E-state index in [2.05, 4.69) is 15.9 Å². The van der Waals surface area contributed by atoms with Crippen molar-refractivity contribution >= 4 is 21.6 Å². The summed E-state index contributed by atoms with van der Waals surface area (Å²) in [4.78, 5) is 10.2. The van der Waals surface area contributed by atoms with Gasteiger partial charge in [0.05, 0.1) is 17.6 Å². The highest BCUT2D eigenvalue weighted by atomic mass is 79.9. The Bertz CT molecular complexity index is 368. The average molecular weight is 288 g/mol. The molecule has 0 bridgehead atoms. The van der Waals surface area contributed by atoms with Crippen LogP contribution in [0.1, 0.15) is 18.4 Å². The SMILES string of the molecule is Cc1ccc([N+](=O)[O-])cc1OCCCCBr. The summed E-state index contributed by atoms with van der Waals surface area (Å²) in [6, 6.07) is 4.67. The van der Waals surface area contributed by atoms with Gasteiger partial charge in [0.2, 0.25) is 0 Å². The Morgan fingerprint density at radius 1 is 1.44 bits per heavy atom. The van der Waals surface area contributed by atoms with E-state index in [0.29, 0.717) is 12.4 Å². The van der Waals surface area contributed by atoms with Crippen LogP contribution in [-0.4, -0.2) is 16.9 Å². The van der Waals surface area contributed by atoms with Crippen LogP contribution in [0, 0.1) is 17.0 Å². The molecule has 0 amide bonds. The van der Waals surface area contributed by atoms with E-state index < -0.39 is 4.92 Å². The molecule has 0 aliphatic carbocycles. The molecule has 0 heterocycles. The molecule has 0 aromatic heterocycles. The number of hydrogen-bond acceptors (Lipinski definition) is 3. The Hall–Kier alpha value is -1.10. The number of nitrogens with zero attached hydrogens (tertiary/aromatic N) is 1. The Balaban J connectivity index is 2.63. The van der Waals surface area contributed by atoms with Crippen molar-refractivity contribution in [1.82, 2.24) is 0 Å². The first-order valence-corrected chi connectivity index (χ1v) is 6.21. The quantitative estimate of drug-likeness (QED) is 0.348. The highest BCUT2D eigenvalue weighted by Crippen LogP contribution is 2.24. The minimum atomic E-state index is -0.412. The molecule has 1 rings (SSSR count). The first-order chi connectivity index (χ1) is 7.65. The maximum Gasteiger partial charge on any atom is 0.273 e. The minimum absolute atomic E-state index is 0.0705. The molecule has 0 atom stereocenters. The highest BCUT2D eigenvalue weighted by Gasteiger charge is 2.09. The predicted octanol–water partition coefficient (Wildman–Crippen LogP) is 3.46. The van der Waals surface area contributed by atoms with E-state index in [1.807, 2.05) is 6.92 Å². The number of aryl methyl sites for hydroxylation is 1. The molecule has 4 nitrogen and oxygen atoms in total. The Morgan fingerprint density at radius 3 is 2.81 bits per heavy atom. The molecule has 0 radical (unpaired) electrons. The van der Waals surface area contributed by atoms with E-state index in [1.54, 1.807) is 6.07 Å². The van der Waals surface area contributed by atoms with Crippen LogP contribution in [0.4, 0.5) is 5.69 Å². The van der Waals surface area contributed by atoms with Gasteiger partial charge in [-0.2, -0.15) is 0 Å². The zero-order chi connectivity index (χ0) is 12.0. The van der Waals surface area contributed by atoms with Gasteiger partial charge in [0.25, 0.3) is 5.69 Å². The van der Waals surface area contributed by atoms with Gasteiger partial charge in [-0.3, -0.25) is 10.1 Å². The van der Waals surface area contributed by atoms with Gasteiger partial charge in [-0.1, -0.05) is 15.9 Å². The number of non-ortho nitro benzene ring substituents is 1. The predicted molar refractivity (Wildman–Crippen MR) is 66.4 cm³/mol. The lowest BCUT2D eigenvalue weighted by Gasteiger charge is -2.08. The van der Waals surface area contributed by atoms with E-state index in [0.717, 1.165) is 23.7 Å². The molecular weight excluding hydrogens is 274 g/mol. The third-order valence-electron chi connectivity index (χ3n) is 2.17. The molecule has 0 N–H and O–H groups in total. The van der Waals surface area contributed by atoms with Crippen molar-refractivity contribution in [3.63, 3.8) is 0 Å². The fraction of sp³-hybridized carbons (Fsp3) is 0.455. The van der Waals surface area contributed by atoms with Crippen LogP contribution in [0.25, 0.3) is 0 Å². The maximum absolute atomic E-state index is 10.6. The van der Waals surface area contributed by atoms with Crippen molar-refractivity contribution in [2.24, 2.45) is 0 Å². The summed E-state index contributed by atoms with van der Waals surface area (Å²) in [5.74, 6) is 0.601. The number of rotatable bonds is 6. The molecule has 0 saturated heterocycles. The monoisotopic (exact) mass is 287 g/mol. The number of nitro groups is 1. The molecule has 16 heavy (non-hydrogen) atoms. The van der Waals surface area contributed by atoms with E-state index in [-0.39, 0.29) is 5.69 Å². The zero-order valence-corrected chi connectivity index (χ0v) is 10.7. The first kappa shape index (κ1) is 13.0. The van der Waals surface area contributed by atoms with Crippen molar-refractivity contribution in [3.05, 3.63) is 33.9 Å². The molecule has 5 heteroatoms. The van der Waals surface area contributed by atoms with Crippen LogP contribution < -0.4 is 4.74 Å². The third kappa shape index (κ3) is 3.81. The molecule has 1 aromatic rings. The molecule has 0 aliphatic rings. The number of halogens is 1. The summed E-state index contributed by atoms with van der Waals surface area (Å²) in [5, 5.41) is 11.5. The van der Waals surface area contributed by atoms with Crippen LogP contribution in [-0.2, 0) is 0 Å². The molecular formula is C11H14BrNO3. The number of hydrogen-bond donors (Lipinski definition) is 0. The first-order valence-electron chi connectivity index (χ1n) is 5.09. The van der Waals surface area contributed by atoms with Gasteiger partial charge in [0, 0.05) is 11.4 Å². The largest absolute Gasteiger partial charge is 0.493 e. The number of ether oxygens (including phenoxy) is 1. The summed E-state index contributed by atoms with van der Waals surface area (Å²) in [7, 11) is 0. The van der Waals surface area contributed by atoms with Crippen molar-refractivity contribution in [1.29, 1.82) is 0 Å². The number of alkyl halides is 1. The summed E-state index contributed by atoms with van der Waals surface area (Å²) in [6.07, 6.45) is 1.97. The smallest absolute Gasteiger partial charge is 0.273 e. The van der Waals surface area contributed by atoms with E-state index in [4.69, 9.17) is 4.74 Å². The lowest BCUT2D eigenvalue weighted by atomic mass is 10.2. The summed E-state index contributed by atoms with van der Waals surface area (Å²) in [6.45, 7) is 2.47. The van der Waals surface area contributed by atoms with Crippen molar-refractivity contribution < 1.29 is 9.66 Å². The van der Waals surface area contributed by atoms with E-state index in [9.17, 15) is 10.1 Å². The number of nitro benzene ring substituents is 1. The highest BCUT2D eigenvalue weighted by molar-refractivity contribution is 9.09. The second-order valence-electron chi connectivity index (χ2n) is 3.45. The van der Waals surface area contributed by atoms with Gasteiger partial charge in [-0.25, -0.2) is 0 Å². The van der Waals surface area contributed by atoms with Crippen LogP contribution in [0.5, 0.6) is 5.75 Å². The summed E-state index contributed by atoms with van der Waals surface area (Å²) < 4.78 is 5.50. The average Bonchev–Trinajstić information content (AvgIpc) is 2.26. The third-order valence-corrected chi connectivity index (χ3v) is 2.73. The topological polar surface area (TPSA) is 52.4 Å². The van der Waals surface area contributed by atoms with Crippen molar-refractivity contribution in [3.8, 4) is 5.75 Å². The lowest BCUT2D eigenvalue weighted by molar-refractivity contribution is -0.384. The molecule has 0 aliphatic heterocycles. The molecule has 0 spiro atoms. The number of unbranched alkanes of at least 4 members (excludes halogenated alkanes) is 1. The second kappa shape index (κ2) is 6.48. The fourth-order valence-electron chi connectivity index (χ4n) is 1.24. The molecule has 0 unspecified atom stereocenters. The molecule has 88 valence electrons. The Labute approximate surface area is 103 Å². The van der Waals surface area contributed by atoms with Crippen LogP contribution >= 0.6 is 15.9 Å². The van der Waals surface area contributed by atoms with Crippen molar-refractivity contribution in [2.75, 3.05) is 11.9 Å². The normalized spacial score (nSPS) is 10.1. The van der Waals surface area contributed by atoms with Crippen LogP contribution in [0.3, 0.4) is 0 Å². The molecule has 0 fully saturated rings. The Kier molecular flexibility index (Phi) is 5.25. The Morgan fingerprint density at radius 2 is 2.19 bits per heavy atom. The van der Waals surface area contributed by atoms with Crippen LogP contribution in [0.2, 0.25) is 0 Å². The van der Waals surface area contributed by atoms with Gasteiger partial charge < -0.3 is 4.74 Å². The maximum atomic E-state index is 10.6. The van der Waals surface area contributed by atoms with E-state index >= 15 is 0 Å².